The number of carbonyl (C=O) groups is 3. The van der Waals surface area contributed by atoms with Crippen molar-refractivity contribution in [3.05, 3.63) is 101 Å². The summed E-state index contributed by atoms with van der Waals surface area (Å²) in [5.41, 5.74) is 3.97. The lowest BCUT2D eigenvalue weighted by atomic mass is 9.96. The van der Waals surface area contributed by atoms with Crippen LogP contribution in [-0.2, 0) is 11.2 Å². The third-order valence-electron chi connectivity index (χ3n) is 6.54. The van der Waals surface area contributed by atoms with E-state index in [2.05, 4.69) is 22.8 Å². The molecule has 3 aromatic rings. The number of hydrogen-bond donors (Lipinski definition) is 2. The van der Waals surface area contributed by atoms with Crippen molar-refractivity contribution < 1.29 is 14.4 Å². The van der Waals surface area contributed by atoms with Crippen LogP contribution in [0.4, 0.5) is 5.69 Å². The van der Waals surface area contributed by atoms with Crippen LogP contribution in [0.5, 0.6) is 0 Å². The Morgan fingerprint density at radius 2 is 1.69 bits per heavy atom. The molecule has 3 aromatic carbocycles. The SMILES string of the molecule is Cc1ccc(C(=O)Nc2cccc(C(=O)N3CCC[C@H](C(=O)NCCCc4ccccc4)C3)c2)cc1. The predicted octanol–water partition coefficient (Wildman–Crippen LogP) is 4.85. The first-order chi connectivity index (χ1) is 17.5. The second kappa shape index (κ2) is 12.2. The van der Waals surface area contributed by atoms with E-state index in [0.29, 0.717) is 36.4 Å². The molecule has 1 aliphatic rings. The molecule has 0 unspecified atom stereocenters. The highest BCUT2D eigenvalue weighted by Crippen LogP contribution is 2.21. The van der Waals surface area contributed by atoms with E-state index in [1.54, 1.807) is 41.3 Å². The molecular formula is C30H33N3O3. The van der Waals surface area contributed by atoms with Crippen molar-refractivity contribution >= 4 is 23.4 Å². The Morgan fingerprint density at radius 1 is 0.917 bits per heavy atom. The molecule has 1 fully saturated rings. The molecule has 0 aromatic heterocycles. The molecule has 0 saturated carbocycles. The van der Waals surface area contributed by atoms with Crippen molar-refractivity contribution in [1.82, 2.24) is 10.2 Å². The summed E-state index contributed by atoms with van der Waals surface area (Å²) >= 11 is 0. The Hall–Kier alpha value is -3.93. The fourth-order valence-corrected chi connectivity index (χ4v) is 4.49. The molecule has 1 atom stereocenters. The Kier molecular flexibility index (Phi) is 8.50. The van der Waals surface area contributed by atoms with Crippen LogP contribution < -0.4 is 10.6 Å². The number of benzene rings is 3. The summed E-state index contributed by atoms with van der Waals surface area (Å²) in [4.78, 5) is 40.3. The van der Waals surface area contributed by atoms with Crippen molar-refractivity contribution in [1.29, 1.82) is 0 Å². The van der Waals surface area contributed by atoms with E-state index in [1.807, 2.05) is 37.3 Å². The fraction of sp³-hybridized carbons (Fsp3) is 0.300. The Morgan fingerprint density at radius 3 is 2.47 bits per heavy atom. The number of aryl methyl sites for hydroxylation is 2. The van der Waals surface area contributed by atoms with Crippen molar-refractivity contribution in [2.45, 2.75) is 32.6 Å². The smallest absolute Gasteiger partial charge is 0.255 e. The molecule has 186 valence electrons. The molecule has 2 N–H and O–H groups in total. The van der Waals surface area contributed by atoms with Crippen molar-refractivity contribution in [3.63, 3.8) is 0 Å². The lowest BCUT2D eigenvalue weighted by Crippen LogP contribution is -2.45. The molecule has 6 nitrogen and oxygen atoms in total. The van der Waals surface area contributed by atoms with Gasteiger partial charge in [-0.15, -0.1) is 0 Å². The van der Waals surface area contributed by atoms with Crippen LogP contribution in [0.25, 0.3) is 0 Å². The first-order valence-electron chi connectivity index (χ1n) is 12.6. The summed E-state index contributed by atoms with van der Waals surface area (Å²) < 4.78 is 0. The van der Waals surface area contributed by atoms with Gasteiger partial charge in [-0.1, -0.05) is 54.1 Å². The van der Waals surface area contributed by atoms with Gasteiger partial charge in [0.05, 0.1) is 5.92 Å². The average molecular weight is 484 g/mol. The highest BCUT2D eigenvalue weighted by Gasteiger charge is 2.29. The van der Waals surface area contributed by atoms with Crippen molar-refractivity contribution in [3.8, 4) is 0 Å². The van der Waals surface area contributed by atoms with Gasteiger partial charge < -0.3 is 15.5 Å². The summed E-state index contributed by atoms with van der Waals surface area (Å²) in [5.74, 6) is -0.534. The highest BCUT2D eigenvalue weighted by molar-refractivity contribution is 6.05. The molecule has 36 heavy (non-hydrogen) atoms. The third kappa shape index (κ3) is 6.81. The highest BCUT2D eigenvalue weighted by atomic mass is 16.2. The van der Waals surface area contributed by atoms with Crippen LogP contribution in [0.2, 0.25) is 0 Å². The number of nitrogens with zero attached hydrogens (tertiary/aromatic N) is 1. The van der Waals surface area contributed by atoms with Crippen molar-refractivity contribution in [2.75, 3.05) is 25.0 Å². The van der Waals surface area contributed by atoms with Gasteiger partial charge in [0.1, 0.15) is 0 Å². The Balaban J connectivity index is 1.29. The second-order valence-electron chi connectivity index (χ2n) is 9.37. The lowest BCUT2D eigenvalue weighted by molar-refractivity contribution is -0.126. The van der Waals surface area contributed by atoms with E-state index in [4.69, 9.17) is 0 Å². The second-order valence-corrected chi connectivity index (χ2v) is 9.37. The van der Waals surface area contributed by atoms with Crippen LogP contribution in [0.15, 0.2) is 78.9 Å². The van der Waals surface area contributed by atoms with Gasteiger partial charge in [-0.05, 0) is 68.5 Å². The molecule has 6 heteroatoms. The van der Waals surface area contributed by atoms with Gasteiger partial charge in [0.2, 0.25) is 5.91 Å². The van der Waals surface area contributed by atoms with Crippen LogP contribution in [0.3, 0.4) is 0 Å². The molecule has 0 spiro atoms. The monoisotopic (exact) mass is 483 g/mol. The van der Waals surface area contributed by atoms with Crippen LogP contribution in [0.1, 0.15) is 51.1 Å². The molecular weight excluding hydrogens is 450 g/mol. The zero-order valence-electron chi connectivity index (χ0n) is 20.7. The van der Waals surface area contributed by atoms with Crippen LogP contribution in [-0.4, -0.2) is 42.3 Å². The van der Waals surface area contributed by atoms with Crippen molar-refractivity contribution in [2.24, 2.45) is 5.92 Å². The lowest BCUT2D eigenvalue weighted by Gasteiger charge is -2.32. The number of piperidine rings is 1. The summed E-state index contributed by atoms with van der Waals surface area (Å²) in [6.07, 6.45) is 3.37. The van der Waals surface area contributed by atoms with E-state index in [-0.39, 0.29) is 23.6 Å². The number of hydrogen-bond acceptors (Lipinski definition) is 3. The predicted molar refractivity (Wildman–Crippen MR) is 142 cm³/mol. The van der Waals surface area contributed by atoms with Gasteiger partial charge >= 0.3 is 0 Å². The minimum absolute atomic E-state index is 0.0136. The molecule has 0 aliphatic carbocycles. The maximum absolute atomic E-state index is 13.2. The number of rotatable bonds is 8. The van der Waals surface area contributed by atoms with Crippen LogP contribution in [0, 0.1) is 12.8 Å². The van der Waals surface area contributed by atoms with Gasteiger partial charge in [0, 0.05) is 36.4 Å². The minimum atomic E-state index is -0.221. The largest absolute Gasteiger partial charge is 0.356 e. The summed E-state index contributed by atoms with van der Waals surface area (Å²) in [6.45, 7) is 3.62. The van der Waals surface area contributed by atoms with E-state index in [0.717, 1.165) is 31.2 Å². The minimum Gasteiger partial charge on any atom is -0.356 e. The zero-order chi connectivity index (χ0) is 25.3. The normalized spacial score (nSPS) is 15.2. The maximum Gasteiger partial charge on any atom is 0.255 e. The molecule has 1 heterocycles. The van der Waals surface area contributed by atoms with Gasteiger partial charge in [0.25, 0.3) is 11.8 Å². The molecule has 1 aliphatic heterocycles. The zero-order valence-corrected chi connectivity index (χ0v) is 20.7. The Labute approximate surface area is 212 Å². The van der Waals surface area contributed by atoms with Gasteiger partial charge in [-0.2, -0.15) is 0 Å². The summed E-state index contributed by atoms with van der Waals surface area (Å²) in [7, 11) is 0. The number of nitrogens with one attached hydrogen (secondary N) is 2. The standard InChI is InChI=1S/C30H33N3O3/c1-22-14-16-24(17-15-22)29(35)32-27-13-5-11-25(20-27)30(36)33-19-7-12-26(21-33)28(34)31-18-6-10-23-8-3-2-4-9-23/h2-5,8-9,11,13-17,20,26H,6-7,10,12,18-19,21H2,1H3,(H,31,34)(H,32,35)/t26-/m0/s1. The number of likely N-dealkylation sites (tertiary alicyclic amines) is 1. The quantitative estimate of drug-likeness (QED) is 0.450. The van der Waals surface area contributed by atoms with Gasteiger partial charge in [0.15, 0.2) is 0 Å². The first kappa shape index (κ1) is 25.2. The average Bonchev–Trinajstić information content (AvgIpc) is 2.91. The summed E-state index contributed by atoms with van der Waals surface area (Å²) in [6, 6.07) is 24.5. The van der Waals surface area contributed by atoms with E-state index in [1.165, 1.54) is 5.56 Å². The number of anilines is 1. The molecule has 0 radical (unpaired) electrons. The topological polar surface area (TPSA) is 78.5 Å². The summed E-state index contributed by atoms with van der Waals surface area (Å²) in [5, 5.41) is 5.92. The van der Waals surface area contributed by atoms with E-state index < -0.39 is 0 Å². The third-order valence-corrected chi connectivity index (χ3v) is 6.54. The molecule has 1 saturated heterocycles. The molecule has 4 rings (SSSR count). The number of amides is 3. The number of carbonyl (C=O) groups excluding carboxylic acids is 3. The first-order valence-corrected chi connectivity index (χ1v) is 12.6. The van der Waals surface area contributed by atoms with Gasteiger partial charge in [-0.25, -0.2) is 0 Å². The van der Waals surface area contributed by atoms with E-state index >= 15 is 0 Å². The Bertz CT molecular complexity index is 1190. The maximum atomic E-state index is 13.2. The van der Waals surface area contributed by atoms with E-state index in [9.17, 15) is 14.4 Å². The fourth-order valence-electron chi connectivity index (χ4n) is 4.49. The molecule has 0 bridgehead atoms. The van der Waals surface area contributed by atoms with Gasteiger partial charge in [-0.3, -0.25) is 14.4 Å². The van der Waals surface area contributed by atoms with Crippen LogP contribution >= 0.6 is 0 Å². The molecule has 3 amide bonds.